The van der Waals surface area contributed by atoms with Gasteiger partial charge in [0.1, 0.15) is 42.0 Å². The van der Waals surface area contributed by atoms with Crippen LogP contribution in [0.2, 0.25) is 0 Å². The highest BCUT2D eigenvalue weighted by molar-refractivity contribution is 7.80. The summed E-state index contributed by atoms with van der Waals surface area (Å²) in [6, 6.07) is 7.04. The number of carbonyl (C=O) groups is 8. The van der Waals surface area contributed by atoms with Gasteiger partial charge in [0.15, 0.2) is 0 Å². The van der Waals surface area contributed by atoms with E-state index in [1.54, 1.807) is 56.3 Å². The second-order valence-electron chi connectivity index (χ2n) is 16.4. The summed E-state index contributed by atoms with van der Waals surface area (Å²) in [5.74, 6) is -5.99. The summed E-state index contributed by atoms with van der Waals surface area (Å²) in [6.45, 7) is 8.58. The number of aromatic hydroxyl groups is 1. The minimum atomic E-state index is -1.26. The summed E-state index contributed by atoms with van der Waals surface area (Å²) in [6.07, 6.45) is 1.46. The lowest BCUT2D eigenvalue weighted by Gasteiger charge is -2.29. The van der Waals surface area contributed by atoms with Gasteiger partial charge < -0.3 is 52.7 Å². The molecule has 0 aliphatic carbocycles. The number of rotatable bonds is 23. The van der Waals surface area contributed by atoms with Crippen LogP contribution in [0.5, 0.6) is 5.75 Å². The molecule has 62 heavy (non-hydrogen) atoms. The third-order valence-corrected chi connectivity index (χ3v) is 10.5. The smallest absolute Gasteiger partial charge is 0.326 e. The summed E-state index contributed by atoms with van der Waals surface area (Å²) in [5.41, 5.74) is 7.45. The van der Waals surface area contributed by atoms with Crippen LogP contribution in [0, 0.1) is 11.8 Å². The minimum Gasteiger partial charge on any atom is -0.508 e. The van der Waals surface area contributed by atoms with E-state index in [1.165, 1.54) is 24.0 Å². The average molecular weight is 883 g/mol. The lowest BCUT2D eigenvalue weighted by atomic mass is 10.0. The van der Waals surface area contributed by atoms with Gasteiger partial charge in [-0.3, -0.25) is 33.6 Å². The topological polar surface area (TPSA) is 278 Å². The Kier molecular flexibility index (Phi) is 20.2. The zero-order valence-corrected chi connectivity index (χ0v) is 36.8. The van der Waals surface area contributed by atoms with Crippen molar-refractivity contribution < 1.29 is 48.6 Å². The van der Waals surface area contributed by atoms with E-state index in [9.17, 15) is 48.6 Å². The van der Waals surface area contributed by atoms with Crippen LogP contribution in [0.1, 0.15) is 71.4 Å². The van der Waals surface area contributed by atoms with E-state index in [1.807, 2.05) is 13.8 Å². The van der Waals surface area contributed by atoms with Crippen LogP contribution in [0.3, 0.4) is 0 Å². The predicted octanol–water partition coefficient (Wildman–Crippen LogP) is 0.162. The third kappa shape index (κ3) is 16.3. The van der Waals surface area contributed by atoms with Crippen molar-refractivity contribution >= 4 is 59.9 Å². The number of nitrogens with two attached hydrogens (primary N) is 1. The number of aliphatic carboxylic acids is 1. The van der Waals surface area contributed by atoms with E-state index in [0.717, 1.165) is 0 Å². The van der Waals surface area contributed by atoms with Crippen molar-refractivity contribution in [3.8, 4) is 5.75 Å². The summed E-state index contributed by atoms with van der Waals surface area (Å²) in [7, 11) is 0. The molecular formula is C43H62N8O10S. The average Bonchev–Trinajstić information content (AvgIpc) is 3.71. The van der Waals surface area contributed by atoms with Crippen LogP contribution in [-0.4, -0.2) is 124 Å². The number of nitrogens with zero attached hydrogens (tertiary/aromatic N) is 1. The van der Waals surface area contributed by atoms with Crippen LogP contribution in [-0.2, 0) is 51.2 Å². The molecule has 1 aliphatic heterocycles. The minimum absolute atomic E-state index is 0.00698. The van der Waals surface area contributed by atoms with Gasteiger partial charge in [0.2, 0.25) is 41.4 Å². The van der Waals surface area contributed by atoms with Gasteiger partial charge >= 0.3 is 5.97 Å². The van der Waals surface area contributed by atoms with Gasteiger partial charge in [-0.05, 0) is 67.7 Å². The SMILES string of the molecule is CC(C)C[C@H](NC(=O)[C@H](CS)NC(=O)CNC(=O)[C@H](C)NC(=O)[C@H](Cc1ccccc1)NC(=O)[C@H](Cc1ccc(O)cc1)NC(=O)[C@@H]1CCCN1C(=O)[C@@H](N)CC(C)C)C(=O)O. The number of carboxylic acids is 1. The molecule has 19 heteroatoms. The molecule has 340 valence electrons. The number of carbonyl (C=O) groups excluding carboxylic acids is 7. The first-order chi connectivity index (χ1) is 29.3. The fourth-order valence-corrected chi connectivity index (χ4v) is 7.16. The van der Waals surface area contributed by atoms with Gasteiger partial charge in [0, 0.05) is 25.1 Å². The standard InChI is InChI=1S/C43H62N8O10S/c1-24(2)18-30(44)42(59)51-17-9-12-35(51)41(58)49-32(21-28-13-15-29(52)16-14-28)39(56)48-31(20-27-10-7-6-8-11-27)38(55)46-26(5)37(54)45-22-36(53)47-34(23-62)40(57)50-33(43(60)61)19-25(3)4/h6-8,10-11,13-16,24-26,30-35,52,62H,9,12,17-23,44H2,1-5H3,(H,45,54)(H,46,55)(H,47,53)(H,48,56)(H,49,58)(H,50,57)(H,60,61)/t26-,30-,31-,32-,33-,34-,35-/m0/s1. The van der Waals surface area contributed by atoms with Gasteiger partial charge in [-0.15, -0.1) is 0 Å². The molecule has 2 aromatic carbocycles. The Labute approximate surface area is 367 Å². The lowest BCUT2D eigenvalue weighted by Crippen LogP contribution is -2.59. The van der Waals surface area contributed by atoms with Crippen molar-refractivity contribution in [1.29, 1.82) is 0 Å². The van der Waals surface area contributed by atoms with Crippen LogP contribution in [0.4, 0.5) is 0 Å². The molecule has 0 radical (unpaired) electrons. The lowest BCUT2D eigenvalue weighted by molar-refractivity contribution is -0.142. The van der Waals surface area contributed by atoms with E-state index in [2.05, 4.69) is 44.5 Å². The maximum absolute atomic E-state index is 14.2. The van der Waals surface area contributed by atoms with E-state index >= 15 is 0 Å². The van der Waals surface area contributed by atoms with Crippen LogP contribution in [0.25, 0.3) is 0 Å². The highest BCUT2D eigenvalue weighted by Gasteiger charge is 2.38. The maximum Gasteiger partial charge on any atom is 0.326 e. The molecule has 1 aliphatic rings. The molecule has 2 aromatic rings. The second-order valence-corrected chi connectivity index (χ2v) is 16.8. The Balaban J connectivity index is 1.74. The predicted molar refractivity (Wildman–Crippen MR) is 233 cm³/mol. The zero-order chi connectivity index (χ0) is 46.1. The Morgan fingerprint density at radius 1 is 0.710 bits per heavy atom. The Morgan fingerprint density at radius 2 is 1.26 bits per heavy atom. The van der Waals surface area contributed by atoms with Gasteiger partial charge in [-0.25, -0.2) is 4.79 Å². The first-order valence-corrected chi connectivity index (χ1v) is 21.4. The molecule has 7 amide bonds. The number of nitrogens with one attached hydrogen (secondary N) is 6. The molecule has 0 aromatic heterocycles. The number of thiol groups is 1. The molecular weight excluding hydrogens is 821 g/mol. The van der Waals surface area contributed by atoms with Crippen molar-refractivity contribution in [2.75, 3.05) is 18.8 Å². The van der Waals surface area contributed by atoms with E-state index < -0.39 is 90.3 Å². The molecule has 1 heterocycles. The summed E-state index contributed by atoms with van der Waals surface area (Å²) >= 11 is 4.10. The molecule has 1 fully saturated rings. The number of likely N-dealkylation sites (tertiary alicyclic amines) is 1. The normalized spacial score (nSPS) is 16.5. The van der Waals surface area contributed by atoms with E-state index in [0.29, 0.717) is 36.9 Å². The van der Waals surface area contributed by atoms with Crippen molar-refractivity contribution in [3.63, 3.8) is 0 Å². The maximum atomic E-state index is 14.2. The van der Waals surface area contributed by atoms with Gasteiger partial charge in [0.25, 0.3) is 0 Å². The highest BCUT2D eigenvalue weighted by Crippen LogP contribution is 2.21. The van der Waals surface area contributed by atoms with Crippen molar-refractivity contribution in [3.05, 3.63) is 65.7 Å². The van der Waals surface area contributed by atoms with Crippen LogP contribution in [0.15, 0.2) is 54.6 Å². The number of hydrogen-bond donors (Lipinski definition) is 10. The summed E-state index contributed by atoms with van der Waals surface area (Å²) in [5, 5.41) is 34.6. The number of amides is 7. The highest BCUT2D eigenvalue weighted by atomic mass is 32.1. The number of hydrogen-bond acceptors (Lipinski definition) is 11. The summed E-state index contributed by atoms with van der Waals surface area (Å²) in [4.78, 5) is 107. The van der Waals surface area contributed by atoms with Crippen LogP contribution < -0.4 is 37.6 Å². The molecule has 0 saturated carbocycles. The van der Waals surface area contributed by atoms with Crippen molar-refractivity contribution in [2.24, 2.45) is 17.6 Å². The fourth-order valence-electron chi connectivity index (χ4n) is 6.91. The molecule has 1 saturated heterocycles. The Bertz CT molecular complexity index is 1870. The van der Waals surface area contributed by atoms with Crippen LogP contribution >= 0.6 is 12.6 Å². The zero-order valence-electron chi connectivity index (χ0n) is 35.9. The van der Waals surface area contributed by atoms with Gasteiger partial charge in [-0.2, -0.15) is 12.6 Å². The molecule has 7 atom stereocenters. The third-order valence-electron chi connectivity index (χ3n) is 10.1. The van der Waals surface area contributed by atoms with Crippen molar-refractivity contribution in [1.82, 2.24) is 36.8 Å². The number of benzene rings is 2. The molecule has 0 bridgehead atoms. The molecule has 3 rings (SSSR count). The van der Waals surface area contributed by atoms with Gasteiger partial charge in [-0.1, -0.05) is 70.2 Å². The number of carboxylic acid groups (broad SMARTS) is 1. The van der Waals surface area contributed by atoms with E-state index in [4.69, 9.17) is 5.73 Å². The number of phenols is 1. The Morgan fingerprint density at radius 3 is 1.84 bits per heavy atom. The number of phenolic OH excluding ortho intramolecular Hbond substituents is 1. The second kappa shape index (κ2) is 24.7. The van der Waals surface area contributed by atoms with Crippen molar-refractivity contribution in [2.45, 2.75) is 115 Å². The fraction of sp³-hybridized carbons (Fsp3) is 0.535. The molecule has 0 spiro atoms. The van der Waals surface area contributed by atoms with Gasteiger partial charge in [0.05, 0.1) is 12.6 Å². The molecule has 10 N–H and O–H groups in total. The monoisotopic (exact) mass is 882 g/mol. The quantitative estimate of drug-likeness (QED) is 0.0672. The Hall–Kier alpha value is -5.69. The van der Waals surface area contributed by atoms with E-state index in [-0.39, 0.29) is 48.5 Å². The summed E-state index contributed by atoms with van der Waals surface area (Å²) < 4.78 is 0. The molecule has 0 unspecified atom stereocenters. The molecule has 18 nitrogen and oxygen atoms in total. The first-order valence-electron chi connectivity index (χ1n) is 20.8. The first kappa shape index (κ1) is 50.7. The largest absolute Gasteiger partial charge is 0.508 e.